The van der Waals surface area contributed by atoms with E-state index in [0.29, 0.717) is 12.5 Å². The molecule has 2 aromatic rings. The number of ether oxygens (including phenoxy) is 1. The molecule has 0 aliphatic rings. The molecule has 0 aliphatic heterocycles. The van der Waals surface area contributed by atoms with Gasteiger partial charge in [0.05, 0.1) is 0 Å². The zero-order chi connectivity index (χ0) is 14.2. The lowest BCUT2D eigenvalue weighted by Crippen LogP contribution is -2.20. The molecule has 3 heteroatoms. The van der Waals surface area contributed by atoms with Crippen LogP contribution in [0.1, 0.15) is 30.9 Å². The van der Waals surface area contributed by atoms with Crippen LogP contribution in [0.5, 0.6) is 5.75 Å². The third kappa shape index (κ3) is 4.67. The topological polar surface area (TPSA) is 34.1 Å². The van der Waals surface area contributed by atoms with Crippen molar-refractivity contribution in [3.8, 4) is 5.75 Å². The highest BCUT2D eigenvalue weighted by molar-refractivity contribution is 5.28. The van der Waals surface area contributed by atoms with Gasteiger partial charge in [-0.15, -0.1) is 0 Å². The molecule has 0 saturated carbocycles. The van der Waals surface area contributed by atoms with Crippen LogP contribution in [0.2, 0.25) is 0 Å². The molecule has 0 amide bonds. The summed E-state index contributed by atoms with van der Waals surface area (Å²) in [5.74, 6) is 1.49. The Balaban J connectivity index is 1.66. The minimum absolute atomic E-state index is 0.560. The quantitative estimate of drug-likeness (QED) is 0.783. The lowest BCUT2D eigenvalue weighted by molar-refractivity contribution is 0.313. The largest absolute Gasteiger partial charge is 0.492 e. The number of benzene rings is 1. The Labute approximate surface area is 121 Å². The van der Waals surface area contributed by atoms with Crippen molar-refractivity contribution in [2.75, 3.05) is 13.2 Å². The standard InChI is InChI=1S/C17H22N2O/c1-14(2)16-5-7-17(8-6-16)20-11-10-19-13-15-4-3-9-18-12-15/h3-9,12,14,19H,10-11,13H2,1-2H3. The first kappa shape index (κ1) is 14.5. The average Bonchev–Trinajstić information content (AvgIpc) is 2.48. The first-order valence-electron chi connectivity index (χ1n) is 7.08. The molecule has 2 rings (SSSR count). The molecule has 0 bridgehead atoms. The van der Waals surface area contributed by atoms with E-state index in [1.165, 1.54) is 11.1 Å². The molecule has 1 heterocycles. The third-order valence-electron chi connectivity index (χ3n) is 3.15. The maximum Gasteiger partial charge on any atom is 0.119 e. The Morgan fingerprint density at radius 3 is 2.60 bits per heavy atom. The van der Waals surface area contributed by atoms with Gasteiger partial charge in [0.2, 0.25) is 0 Å². The number of nitrogens with one attached hydrogen (secondary N) is 1. The molecule has 3 nitrogen and oxygen atoms in total. The highest BCUT2D eigenvalue weighted by Crippen LogP contribution is 2.18. The van der Waals surface area contributed by atoms with Gasteiger partial charge in [0.15, 0.2) is 0 Å². The molecule has 1 aromatic carbocycles. The monoisotopic (exact) mass is 270 g/mol. The first-order chi connectivity index (χ1) is 9.75. The summed E-state index contributed by atoms with van der Waals surface area (Å²) in [6, 6.07) is 12.3. The second-order valence-electron chi connectivity index (χ2n) is 5.11. The van der Waals surface area contributed by atoms with Gasteiger partial charge in [0, 0.05) is 25.5 Å². The number of hydrogen-bond acceptors (Lipinski definition) is 3. The fourth-order valence-corrected chi connectivity index (χ4v) is 1.93. The molecule has 0 saturated heterocycles. The van der Waals surface area contributed by atoms with Crippen LogP contribution < -0.4 is 10.1 Å². The molecule has 0 spiro atoms. The van der Waals surface area contributed by atoms with E-state index in [2.05, 4.69) is 42.3 Å². The van der Waals surface area contributed by atoms with Crippen LogP contribution in [0, 0.1) is 0 Å². The van der Waals surface area contributed by atoms with Crippen molar-refractivity contribution >= 4 is 0 Å². The van der Waals surface area contributed by atoms with E-state index in [4.69, 9.17) is 4.74 Å². The summed E-state index contributed by atoms with van der Waals surface area (Å²) in [5, 5.41) is 3.34. The number of nitrogens with zero attached hydrogens (tertiary/aromatic N) is 1. The highest BCUT2D eigenvalue weighted by Gasteiger charge is 1.99. The fourth-order valence-electron chi connectivity index (χ4n) is 1.93. The van der Waals surface area contributed by atoms with Gasteiger partial charge in [-0.2, -0.15) is 0 Å². The maximum absolute atomic E-state index is 5.70. The summed E-state index contributed by atoms with van der Waals surface area (Å²) >= 11 is 0. The van der Waals surface area contributed by atoms with Crippen molar-refractivity contribution in [1.82, 2.24) is 10.3 Å². The van der Waals surface area contributed by atoms with Gasteiger partial charge in [-0.3, -0.25) is 4.98 Å². The number of hydrogen-bond donors (Lipinski definition) is 1. The van der Waals surface area contributed by atoms with Crippen molar-refractivity contribution in [3.63, 3.8) is 0 Å². The van der Waals surface area contributed by atoms with Gasteiger partial charge < -0.3 is 10.1 Å². The van der Waals surface area contributed by atoms with Gasteiger partial charge in [0.1, 0.15) is 12.4 Å². The van der Waals surface area contributed by atoms with Gasteiger partial charge in [-0.1, -0.05) is 32.0 Å². The Morgan fingerprint density at radius 1 is 1.15 bits per heavy atom. The molecular formula is C17H22N2O. The lowest BCUT2D eigenvalue weighted by atomic mass is 10.0. The van der Waals surface area contributed by atoms with Crippen molar-refractivity contribution in [3.05, 3.63) is 59.9 Å². The maximum atomic E-state index is 5.70. The van der Waals surface area contributed by atoms with Gasteiger partial charge in [0.25, 0.3) is 0 Å². The van der Waals surface area contributed by atoms with E-state index >= 15 is 0 Å². The predicted molar refractivity (Wildman–Crippen MR) is 82.0 cm³/mol. The van der Waals surface area contributed by atoms with Gasteiger partial charge in [-0.25, -0.2) is 0 Å². The Bertz CT molecular complexity index is 494. The minimum Gasteiger partial charge on any atom is -0.492 e. The highest BCUT2D eigenvalue weighted by atomic mass is 16.5. The van der Waals surface area contributed by atoms with Crippen LogP contribution in [-0.2, 0) is 6.54 Å². The van der Waals surface area contributed by atoms with Gasteiger partial charge >= 0.3 is 0 Å². The first-order valence-corrected chi connectivity index (χ1v) is 7.08. The molecule has 0 atom stereocenters. The number of aromatic nitrogens is 1. The molecule has 20 heavy (non-hydrogen) atoms. The van der Waals surface area contributed by atoms with Crippen molar-refractivity contribution in [2.24, 2.45) is 0 Å². The van der Waals surface area contributed by atoms with Crippen molar-refractivity contribution < 1.29 is 4.74 Å². The minimum atomic E-state index is 0.560. The Hall–Kier alpha value is -1.87. The van der Waals surface area contributed by atoms with Crippen LogP contribution in [0.3, 0.4) is 0 Å². The molecule has 0 aliphatic carbocycles. The molecular weight excluding hydrogens is 248 g/mol. The Morgan fingerprint density at radius 2 is 1.95 bits per heavy atom. The molecule has 106 valence electrons. The lowest BCUT2D eigenvalue weighted by Gasteiger charge is -2.09. The smallest absolute Gasteiger partial charge is 0.119 e. The van der Waals surface area contributed by atoms with E-state index in [-0.39, 0.29) is 0 Å². The zero-order valence-corrected chi connectivity index (χ0v) is 12.2. The van der Waals surface area contributed by atoms with Crippen LogP contribution in [0.25, 0.3) is 0 Å². The van der Waals surface area contributed by atoms with Crippen molar-refractivity contribution in [1.29, 1.82) is 0 Å². The third-order valence-corrected chi connectivity index (χ3v) is 3.15. The molecule has 0 fully saturated rings. The molecule has 1 N–H and O–H groups in total. The second kappa shape index (κ2) is 7.65. The second-order valence-corrected chi connectivity index (χ2v) is 5.11. The van der Waals surface area contributed by atoms with Crippen LogP contribution in [0.15, 0.2) is 48.8 Å². The average molecular weight is 270 g/mol. The molecule has 0 unspecified atom stereocenters. The summed E-state index contributed by atoms with van der Waals surface area (Å²) in [6.07, 6.45) is 3.66. The van der Waals surface area contributed by atoms with E-state index in [1.807, 2.05) is 24.4 Å². The summed E-state index contributed by atoms with van der Waals surface area (Å²) in [7, 11) is 0. The summed E-state index contributed by atoms with van der Waals surface area (Å²) < 4.78 is 5.70. The fraction of sp³-hybridized carbons (Fsp3) is 0.353. The SMILES string of the molecule is CC(C)c1ccc(OCCNCc2cccnc2)cc1. The molecule has 0 radical (unpaired) electrons. The Kier molecular flexibility index (Phi) is 5.56. The van der Waals surface area contributed by atoms with Gasteiger partial charge in [-0.05, 0) is 35.2 Å². The van der Waals surface area contributed by atoms with Crippen LogP contribution >= 0.6 is 0 Å². The summed E-state index contributed by atoms with van der Waals surface area (Å²) in [4.78, 5) is 4.08. The zero-order valence-electron chi connectivity index (χ0n) is 12.2. The van der Waals surface area contributed by atoms with E-state index in [1.54, 1.807) is 6.20 Å². The van der Waals surface area contributed by atoms with Crippen LogP contribution in [0.4, 0.5) is 0 Å². The normalized spacial score (nSPS) is 10.8. The number of pyridine rings is 1. The van der Waals surface area contributed by atoms with E-state index in [0.717, 1.165) is 18.8 Å². The summed E-state index contributed by atoms with van der Waals surface area (Å²) in [5.41, 5.74) is 2.53. The molecule has 1 aromatic heterocycles. The summed E-state index contributed by atoms with van der Waals surface area (Å²) in [6.45, 7) is 6.70. The number of rotatable bonds is 7. The van der Waals surface area contributed by atoms with E-state index < -0.39 is 0 Å². The van der Waals surface area contributed by atoms with Crippen LogP contribution in [-0.4, -0.2) is 18.1 Å². The predicted octanol–water partition coefficient (Wildman–Crippen LogP) is 3.37. The van der Waals surface area contributed by atoms with E-state index in [9.17, 15) is 0 Å². The van der Waals surface area contributed by atoms with Crippen molar-refractivity contribution in [2.45, 2.75) is 26.3 Å².